The lowest BCUT2D eigenvalue weighted by Gasteiger charge is -2.17. The Balaban J connectivity index is 2.12. The Kier molecular flexibility index (Phi) is 3.62. The SMILES string of the molecule is CCCC(Nc1nccn1C)c1cccs1. The van der Waals surface area contributed by atoms with Crippen LogP contribution in [0, 0.1) is 0 Å². The maximum atomic E-state index is 4.30. The van der Waals surface area contributed by atoms with Crippen molar-refractivity contribution in [2.75, 3.05) is 5.32 Å². The fourth-order valence-electron chi connectivity index (χ4n) is 1.72. The minimum atomic E-state index is 0.381. The number of aryl methyl sites for hydroxylation is 1. The van der Waals surface area contributed by atoms with Gasteiger partial charge in [0.15, 0.2) is 0 Å². The molecule has 0 amide bonds. The van der Waals surface area contributed by atoms with Crippen LogP contribution in [0.2, 0.25) is 0 Å². The fourth-order valence-corrected chi connectivity index (χ4v) is 2.54. The smallest absolute Gasteiger partial charge is 0.203 e. The molecule has 0 spiro atoms. The molecule has 0 saturated heterocycles. The molecule has 16 heavy (non-hydrogen) atoms. The normalized spacial score (nSPS) is 12.6. The Morgan fingerprint density at radius 2 is 2.44 bits per heavy atom. The molecule has 2 aromatic rings. The molecule has 0 aliphatic heterocycles. The Morgan fingerprint density at radius 1 is 1.56 bits per heavy atom. The van der Waals surface area contributed by atoms with Gasteiger partial charge in [0.05, 0.1) is 6.04 Å². The first kappa shape index (κ1) is 11.2. The Morgan fingerprint density at radius 3 is 3.00 bits per heavy atom. The van der Waals surface area contributed by atoms with Crippen molar-refractivity contribution < 1.29 is 0 Å². The second-order valence-electron chi connectivity index (χ2n) is 3.86. The Hall–Kier alpha value is -1.29. The molecule has 0 bridgehead atoms. The zero-order valence-electron chi connectivity index (χ0n) is 9.68. The fraction of sp³-hybridized carbons (Fsp3) is 0.417. The average Bonchev–Trinajstić information content (AvgIpc) is 2.90. The van der Waals surface area contributed by atoms with Gasteiger partial charge >= 0.3 is 0 Å². The molecule has 2 heterocycles. The molecule has 1 atom stereocenters. The zero-order valence-corrected chi connectivity index (χ0v) is 10.5. The minimum absolute atomic E-state index is 0.381. The molecule has 0 aliphatic carbocycles. The molecule has 4 heteroatoms. The molecule has 0 fully saturated rings. The van der Waals surface area contributed by atoms with Gasteiger partial charge in [-0.1, -0.05) is 19.4 Å². The van der Waals surface area contributed by atoms with Crippen molar-refractivity contribution in [1.29, 1.82) is 0 Å². The first-order valence-corrected chi connectivity index (χ1v) is 6.46. The second kappa shape index (κ2) is 5.16. The Labute approximate surface area is 100 Å². The number of rotatable bonds is 5. The summed E-state index contributed by atoms with van der Waals surface area (Å²) in [5.74, 6) is 0.937. The molecule has 0 aliphatic rings. The molecule has 0 saturated carbocycles. The summed E-state index contributed by atoms with van der Waals surface area (Å²) in [4.78, 5) is 5.68. The molecule has 0 radical (unpaired) electrons. The quantitative estimate of drug-likeness (QED) is 0.860. The summed E-state index contributed by atoms with van der Waals surface area (Å²) in [7, 11) is 2.01. The van der Waals surface area contributed by atoms with E-state index in [1.54, 1.807) is 11.3 Å². The number of anilines is 1. The van der Waals surface area contributed by atoms with E-state index in [1.807, 2.05) is 24.0 Å². The van der Waals surface area contributed by atoms with E-state index in [4.69, 9.17) is 0 Å². The van der Waals surface area contributed by atoms with E-state index < -0.39 is 0 Å². The summed E-state index contributed by atoms with van der Waals surface area (Å²) < 4.78 is 2.01. The number of aromatic nitrogens is 2. The second-order valence-corrected chi connectivity index (χ2v) is 4.84. The summed E-state index contributed by atoms with van der Waals surface area (Å²) in [6.07, 6.45) is 6.08. The first-order chi connectivity index (χ1) is 7.81. The van der Waals surface area contributed by atoms with Gasteiger partial charge in [-0.05, 0) is 17.9 Å². The predicted octanol–water partition coefficient (Wildman–Crippen LogP) is 3.43. The number of hydrogen-bond donors (Lipinski definition) is 1. The standard InChI is InChI=1S/C12H17N3S/c1-3-5-10(11-6-4-9-16-11)14-12-13-7-8-15(12)2/h4,6-10H,3,5H2,1-2H3,(H,13,14). The number of nitrogens with zero attached hydrogens (tertiary/aromatic N) is 2. The maximum absolute atomic E-state index is 4.30. The minimum Gasteiger partial charge on any atom is -0.348 e. The third-order valence-electron chi connectivity index (χ3n) is 2.59. The molecule has 86 valence electrons. The lowest BCUT2D eigenvalue weighted by molar-refractivity contribution is 0.675. The van der Waals surface area contributed by atoms with Crippen molar-refractivity contribution in [2.45, 2.75) is 25.8 Å². The van der Waals surface area contributed by atoms with E-state index in [-0.39, 0.29) is 0 Å². The summed E-state index contributed by atoms with van der Waals surface area (Å²) in [6.45, 7) is 2.21. The Bertz CT molecular complexity index is 419. The van der Waals surface area contributed by atoms with Crippen molar-refractivity contribution in [3.05, 3.63) is 34.8 Å². The van der Waals surface area contributed by atoms with Gasteiger partial charge in [-0.25, -0.2) is 4.98 Å². The molecule has 3 nitrogen and oxygen atoms in total. The molecule has 1 N–H and O–H groups in total. The predicted molar refractivity (Wildman–Crippen MR) is 68.8 cm³/mol. The van der Waals surface area contributed by atoms with Crippen molar-refractivity contribution in [2.24, 2.45) is 7.05 Å². The highest BCUT2D eigenvalue weighted by Gasteiger charge is 2.13. The summed E-state index contributed by atoms with van der Waals surface area (Å²) in [5, 5.41) is 5.62. The van der Waals surface area contributed by atoms with Crippen molar-refractivity contribution in [3.63, 3.8) is 0 Å². The van der Waals surface area contributed by atoms with Crippen LogP contribution in [0.25, 0.3) is 0 Å². The monoisotopic (exact) mass is 235 g/mol. The lowest BCUT2D eigenvalue weighted by Crippen LogP contribution is -2.12. The van der Waals surface area contributed by atoms with E-state index in [1.165, 1.54) is 11.3 Å². The average molecular weight is 235 g/mol. The van der Waals surface area contributed by atoms with Gasteiger partial charge in [-0.3, -0.25) is 0 Å². The van der Waals surface area contributed by atoms with Crippen LogP contribution in [-0.4, -0.2) is 9.55 Å². The van der Waals surface area contributed by atoms with Gasteiger partial charge < -0.3 is 9.88 Å². The van der Waals surface area contributed by atoms with Gasteiger partial charge in [0, 0.05) is 24.3 Å². The summed E-state index contributed by atoms with van der Waals surface area (Å²) >= 11 is 1.80. The number of nitrogens with one attached hydrogen (secondary N) is 1. The number of hydrogen-bond acceptors (Lipinski definition) is 3. The van der Waals surface area contributed by atoms with Gasteiger partial charge in [0.1, 0.15) is 0 Å². The number of thiophene rings is 1. The van der Waals surface area contributed by atoms with Crippen molar-refractivity contribution in [1.82, 2.24) is 9.55 Å². The van der Waals surface area contributed by atoms with E-state index in [0.29, 0.717) is 6.04 Å². The maximum Gasteiger partial charge on any atom is 0.203 e. The van der Waals surface area contributed by atoms with Crippen LogP contribution in [0.3, 0.4) is 0 Å². The van der Waals surface area contributed by atoms with Crippen LogP contribution in [0.4, 0.5) is 5.95 Å². The topological polar surface area (TPSA) is 29.9 Å². The molecular weight excluding hydrogens is 218 g/mol. The highest BCUT2D eigenvalue weighted by atomic mass is 32.1. The zero-order chi connectivity index (χ0) is 11.4. The van der Waals surface area contributed by atoms with Crippen LogP contribution in [0.1, 0.15) is 30.7 Å². The van der Waals surface area contributed by atoms with Gasteiger partial charge in [-0.2, -0.15) is 0 Å². The third kappa shape index (κ3) is 2.44. The largest absolute Gasteiger partial charge is 0.348 e. The summed E-state index contributed by atoms with van der Waals surface area (Å²) in [6, 6.07) is 4.66. The van der Waals surface area contributed by atoms with Crippen LogP contribution < -0.4 is 5.32 Å². The first-order valence-electron chi connectivity index (χ1n) is 5.58. The molecule has 2 rings (SSSR count). The molecule has 0 aromatic carbocycles. The van der Waals surface area contributed by atoms with Crippen molar-refractivity contribution >= 4 is 17.3 Å². The highest BCUT2D eigenvalue weighted by Crippen LogP contribution is 2.26. The van der Waals surface area contributed by atoms with E-state index >= 15 is 0 Å². The van der Waals surface area contributed by atoms with Crippen LogP contribution >= 0.6 is 11.3 Å². The van der Waals surface area contributed by atoms with E-state index in [0.717, 1.165) is 12.4 Å². The van der Waals surface area contributed by atoms with E-state index in [9.17, 15) is 0 Å². The molecule has 2 aromatic heterocycles. The van der Waals surface area contributed by atoms with Gasteiger partial charge in [-0.15, -0.1) is 11.3 Å². The van der Waals surface area contributed by atoms with Gasteiger partial charge in [0.2, 0.25) is 5.95 Å². The molecular formula is C12H17N3S. The summed E-state index contributed by atoms with van der Waals surface area (Å²) in [5.41, 5.74) is 0. The van der Waals surface area contributed by atoms with Crippen molar-refractivity contribution in [3.8, 4) is 0 Å². The van der Waals surface area contributed by atoms with Crippen LogP contribution in [-0.2, 0) is 7.05 Å². The molecule has 1 unspecified atom stereocenters. The van der Waals surface area contributed by atoms with E-state index in [2.05, 4.69) is 34.7 Å². The number of imidazole rings is 1. The lowest BCUT2D eigenvalue weighted by atomic mass is 10.1. The highest BCUT2D eigenvalue weighted by molar-refractivity contribution is 7.10. The van der Waals surface area contributed by atoms with Gasteiger partial charge in [0.25, 0.3) is 0 Å². The van der Waals surface area contributed by atoms with Crippen LogP contribution in [0.15, 0.2) is 29.9 Å². The van der Waals surface area contributed by atoms with Crippen LogP contribution in [0.5, 0.6) is 0 Å². The third-order valence-corrected chi connectivity index (χ3v) is 3.57.